The zero-order valence-corrected chi connectivity index (χ0v) is 13.6. The Labute approximate surface area is 140 Å². The van der Waals surface area contributed by atoms with E-state index in [0.29, 0.717) is 18.9 Å². The van der Waals surface area contributed by atoms with E-state index in [1.54, 1.807) is 6.20 Å². The summed E-state index contributed by atoms with van der Waals surface area (Å²) >= 11 is 0. The number of carbonyl (C=O) groups is 1. The lowest BCUT2D eigenvalue weighted by molar-refractivity contribution is -0.132. The van der Waals surface area contributed by atoms with Gasteiger partial charge in [-0.25, -0.2) is 9.97 Å². The van der Waals surface area contributed by atoms with E-state index in [1.165, 1.54) is 0 Å². The number of rotatable bonds is 4. The Morgan fingerprint density at radius 1 is 1.33 bits per heavy atom. The van der Waals surface area contributed by atoms with Crippen molar-refractivity contribution < 1.29 is 4.79 Å². The number of imidazole rings is 2. The molecule has 1 fully saturated rings. The molecule has 1 N–H and O–H groups in total. The Morgan fingerprint density at radius 3 is 3.08 bits per heavy atom. The van der Waals surface area contributed by atoms with Gasteiger partial charge in [-0.2, -0.15) is 0 Å². The summed E-state index contributed by atoms with van der Waals surface area (Å²) in [5.41, 5.74) is 1.98. The molecule has 1 aliphatic rings. The first-order chi connectivity index (χ1) is 11.8. The highest BCUT2D eigenvalue weighted by Crippen LogP contribution is 2.22. The molecule has 0 spiro atoms. The van der Waals surface area contributed by atoms with Gasteiger partial charge in [-0.1, -0.05) is 12.1 Å². The van der Waals surface area contributed by atoms with Gasteiger partial charge < -0.3 is 14.5 Å². The Bertz CT molecular complexity index is 790. The number of benzene rings is 1. The number of nitrogens with one attached hydrogen (secondary N) is 1. The lowest BCUT2D eigenvalue weighted by Crippen LogP contribution is -2.40. The minimum Gasteiger partial charge on any atom is -0.342 e. The third-order valence-corrected chi connectivity index (χ3v) is 4.71. The van der Waals surface area contributed by atoms with Gasteiger partial charge in [0.25, 0.3) is 0 Å². The minimum absolute atomic E-state index is 0.209. The van der Waals surface area contributed by atoms with Crippen LogP contribution in [0.1, 0.15) is 31.1 Å². The average Bonchev–Trinajstić information content (AvgIpc) is 3.29. The number of para-hydroxylation sites is 2. The van der Waals surface area contributed by atoms with Crippen LogP contribution in [0.15, 0.2) is 43.0 Å². The second kappa shape index (κ2) is 6.47. The van der Waals surface area contributed by atoms with E-state index in [-0.39, 0.29) is 5.91 Å². The van der Waals surface area contributed by atoms with E-state index in [4.69, 9.17) is 0 Å². The number of aromatic amines is 1. The number of hydrogen-bond acceptors (Lipinski definition) is 3. The number of nitrogens with zero attached hydrogens (tertiary/aromatic N) is 4. The first-order valence-electron chi connectivity index (χ1n) is 8.48. The molecule has 3 aromatic rings. The van der Waals surface area contributed by atoms with Crippen LogP contribution >= 0.6 is 0 Å². The van der Waals surface area contributed by atoms with Crippen LogP contribution in [0.2, 0.25) is 0 Å². The topological polar surface area (TPSA) is 66.8 Å². The van der Waals surface area contributed by atoms with Gasteiger partial charge in [0.05, 0.1) is 23.4 Å². The van der Waals surface area contributed by atoms with E-state index in [1.807, 2.05) is 41.7 Å². The second-order valence-corrected chi connectivity index (χ2v) is 6.35. The van der Waals surface area contributed by atoms with Crippen LogP contribution < -0.4 is 0 Å². The highest BCUT2D eigenvalue weighted by Gasteiger charge is 2.24. The van der Waals surface area contributed by atoms with Crippen LogP contribution in [-0.4, -0.2) is 43.4 Å². The van der Waals surface area contributed by atoms with Gasteiger partial charge in [0, 0.05) is 38.3 Å². The van der Waals surface area contributed by atoms with Gasteiger partial charge in [0.1, 0.15) is 5.82 Å². The number of amides is 1. The summed E-state index contributed by atoms with van der Waals surface area (Å²) in [6.07, 6.45) is 8.90. The summed E-state index contributed by atoms with van der Waals surface area (Å²) in [5, 5.41) is 0. The van der Waals surface area contributed by atoms with Gasteiger partial charge in [-0.3, -0.25) is 4.79 Å². The van der Waals surface area contributed by atoms with Crippen LogP contribution in [0, 0.1) is 0 Å². The molecule has 6 nitrogen and oxygen atoms in total. The van der Waals surface area contributed by atoms with E-state index in [2.05, 4.69) is 19.5 Å². The summed E-state index contributed by atoms with van der Waals surface area (Å²) in [6.45, 7) is 1.62. The molecule has 1 saturated heterocycles. The maximum absolute atomic E-state index is 12.6. The van der Waals surface area contributed by atoms with Gasteiger partial charge in [0.15, 0.2) is 0 Å². The predicted molar refractivity (Wildman–Crippen MR) is 91.5 cm³/mol. The maximum Gasteiger partial charge on any atom is 0.223 e. The minimum atomic E-state index is 0.209. The van der Waals surface area contributed by atoms with Crippen molar-refractivity contribution in [3.05, 3.63) is 48.8 Å². The standard InChI is InChI=1S/C18H21N5O/c24-18(8-7-17-20-15-5-1-2-6-16(15)21-17)22-10-3-4-14(12-22)23-11-9-19-13-23/h1-2,5-6,9,11,13-14H,3-4,7-8,10,12H2,(H,20,21). The third kappa shape index (κ3) is 3.04. The number of H-pyrrole nitrogens is 1. The number of aryl methyl sites for hydroxylation is 1. The zero-order valence-electron chi connectivity index (χ0n) is 13.6. The fourth-order valence-electron chi connectivity index (χ4n) is 3.42. The summed E-state index contributed by atoms with van der Waals surface area (Å²) in [5.74, 6) is 1.09. The normalized spacial score (nSPS) is 18.2. The van der Waals surface area contributed by atoms with E-state index >= 15 is 0 Å². The molecule has 1 amide bonds. The monoisotopic (exact) mass is 323 g/mol. The van der Waals surface area contributed by atoms with Gasteiger partial charge >= 0.3 is 0 Å². The molecule has 24 heavy (non-hydrogen) atoms. The molecule has 1 atom stereocenters. The molecule has 124 valence electrons. The summed E-state index contributed by atoms with van der Waals surface area (Å²) < 4.78 is 2.11. The number of likely N-dealkylation sites (tertiary alicyclic amines) is 1. The number of hydrogen-bond donors (Lipinski definition) is 1. The van der Waals surface area contributed by atoms with Gasteiger partial charge in [-0.15, -0.1) is 0 Å². The van der Waals surface area contributed by atoms with Crippen LogP contribution in [0.4, 0.5) is 0 Å². The molecule has 0 bridgehead atoms. The van der Waals surface area contributed by atoms with E-state index < -0.39 is 0 Å². The highest BCUT2D eigenvalue weighted by molar-refractivity contribution is 5.77. The largest absolute Gasteiger partial charge is 0.342 e. The van der Waals surface area contributed by atoms with Crippen molar-refractivity contribution in [2.75, 3.05) is 13.1 Å². The molecular formula is C18H21N5O. The van der Waals surface area contributed by atoms with Crippen molar-refractivity contribution >= 4 is 16.9 Å². The van der Waals surface area contributed by atoms with Crippen molar-refractivity contribution in [3.8, 4) is 0 Å². The van der Waals surface area contributed by atoms with Crippen LogP contribution in [-0.2, 0) is 11.2 Å². The molecule has 6 heteroatoms. The fraction of sp³-hybridized carbons (Fsp3) is 0.389. The Kier molecular flexibility index (Phi) is 4.02. The fourth-order valence-corrected chi connectivity index (χ4v) is 3.42. The number of fused-ring (bicyclic) bond motifs is 1. The van der Waals surface area contributed by atoms with Gasteiger partial charge in [-0.05, 0) is 25.0 Å². The predicted octanol–water partition coefficient (Wildman–Crippen LogP) is 2.56. The van der Waals surface area contributed by atoms with Crippen LogP contribution in [0.3, 0.4) is 0 Å². The van der Waals surface area contributed by atoms with Crippen molar-refractivity contribution in [3.63, 3.8) is 0 Å². The molecule has 1 aromatic carbocycles. The molecule has 0 radical (unpaired) electrons. The molecule has 3 heterocycles. The Balaban J connectivity index is 1.37. The van der Waals surface area contributed by atoms with Crippen molar-refractivity contribution in [1.82, 2.24) is 24.4 Å². The second-order valence-electron chi connectivity index (χ2n) is 6.35. The summed E-state index contributed by atoms with van der Waals surface area (Å²) in [6, 6.07) is 8.30. The maximum atomic E-state index is 12.6. The lowest BCUT2D eigenvalue weighted by Gasteiger charge is -2.33. The molecule has 1 unspecified atom stereocenters. The summed E-state index contributed by atoms with van der Waals surface area (Å²) in [4.78, 5) is 26.5. The molecule has 0 saturated carbocycles. The molecule has 2 aromatic heterocycles. The van der Waals surface area contributed by atoms with Crippen molar-refractivity contribution in [2.45, 2.75) is 31.7 Å². The smallest absolute Gasteiger partial charge is 0.223 e. The van der Waals surface area contributed by atoms with E-state index in [9.17, 15) is 4.79 Å². The average molecular weight is 323 g/mol. The van der Waals surface area contributed by atoms with Gasteiger partial charge in [0.2, 0.25) is 5.91 Å². The molecule has 0 aliphatic carbocycles. The highest BCUT2D eigenvalue weighted by atomic mass is 16.2. The number of piperidine rings is 1. The van der Waals surface area contributed by atoms with Crippen LogP contribution in [0.5, 0.6) is 0 Å². The van der Waals surface area contributed by atoms with Crippen molar-refractivity contribution in [2.24, 2.45) is 0 Å². The third-order valence-electron chi connectivity index (χ3n) is 4.71. The number of carbonyl (C=O) groups excluding carboxylic acids is 1. The first kappa shape index (κ1) is 14.9. The molecular weight excluding hydrogens is 302 g/mol. The Morgan fingerprint density at radius 2 is 2.25 bits per heavy atom. The van der Waals surface area contributed by atoms with Crippen LogP contribution in [0.25, 0.3) is 11.0 Å². The van der Waals surface area contributed by atoms with E-state index in [0.717, 1.165) is 42.8 Å². The number of aromatic nitrogens is 4. The SMILES string of the molecule is O=C(CCc1nc2ccccc2[nH]1)N1CCCC(n2ccnc2)C1. The molecule has 1 aliphatic heterocycles. The Hall–Kier alpha value is -2.63. The van der Waals surface area contributed by atoms with Crippen molar-refractivity contribution in [1.29, 1.82) is 0 Å². The molecule has 4 rings (SSSR count). The summed E-state index contributed by atoms with van der Waals surface area (Å²) in [7, 11) is 0. The zero-order chi connectivity index (χ0) is 16.4. The first-order valence-corrected chi connectivity index (χ1v) is 8.48. The quantitative estimate of drug-likeness (QED) is 0.802. The lowest BCUT2D eigenvalue weighted by atomic mass is 10.0.